The molecule has 0 atom stereocenters. The van der Waals surface area contributed by atoms with E-state index < -0.39 is 9.84 Å². The molecule has 0 aromatic carbocycles. The SMILES string of the molecule is Cn1cc(Br)cc1C(=O)NCCS(C)(=O)=O. The average molecular weight is 309 g/mol. The molecule has 1 aromatic heterocycles. The van der Waals surface area contributed by atoms with E-state index in [1.54, 1.807) is 23.9 Å². The molecule has 7 heteroatoms. The Labute approximate surface area is 103 Å². The van der Waals surface area contributed by atoms with Crippen molar-refractivity contribution in [2.24, 2.45) is 7.05 Å². The van der Waals surface area contributed by atoms with Crippen LogP contribution < -0.4 is 5.32 Å². The lowest BCUT2D eigenvalue weighted by Crippen LogP contribution is -2.29. The van der Waals surface area contributed by atoms with Crippen LogP contribution in [0.1, 0.15) is 10.5 Å². The van der Waals surface area contributed by atoms with E-state index >= 15 is 0 Å². The number of amides is 1. The molecule has 1 rings (SSSR count). The fourth-order valence-electron chi connectivity index (χ4n) is 1.19. The van der Waals surface area contributed by atoms with E-state index in [0.717, 1.165) is 10.7 Å². The molecule has 16 heavy (non-hydrogen) atoms. The van der Waals surface area contributed by atoms with Gasteiger partial charge in [-0.25, -0.2) is 8.42 Å². The monoisotopic (exact) mass is 308 g/mol. The van der Waals surface area contributed by atoms with Gasteiger partial charge in [0.25, 0.3) is 5.91 Å². The van der Waals surface area contributed by atoms with E-state index in [2.05, 4.69) is 21.2 Å². The van der Waals surface area contributed by atoms with Crippen molar-refractivity contribution in [3.05, 3.63) is 22.4 Å². The van der Waals surface area contributed by atoms with Crippen molar-refractivity contribution in [1.82, 2.24) is 9.88 Å². The Morgan fingerprint density at radius 3 is 2.62 bits per heavy atom. The summed E-state index contributed by atoms with van der Waals surface area (Å²) < 4.78 is 24.2. The number of carbonyl (C=O) groups is 1. The van der Waals surface area contributed by atoms with Crippen molar-refractivity contribution in [3.8, 4) is 0 Å². The second kappa shape index (κ2) is 5.01. The van der Waals surface area contributed by atoms with Crippen molar-refractivity contribution >= 4 is 31.7 Å². The van der Waals surface area contributed by atoms with Crippen LogP contribution in [-0.4, -0.2) is 37.4 Å². The molecule has 0 fully saturated rings. The molecule has 1 N–H and O–H groups in total. The summed E-state index contributed by atoms with van der Waals surface area (Å²) >= 11 is 3.25. The highest BCUT2D eigenvalue weighted by Crippen LogP contribution is 2.13. The van der Waals surface area contributed by atoms with Crippen molar-refractivity contribution < 1.29 is 13.2 Å². The van der Waals surface area contributed by atoms with Gasteiger partial charge in [0.2, 0.25) is 0 Å². The highest BCUT2D eigenvalue weighted by Gasteiger charge is 2.11. The fourth-order valence-corrected chi connectivity index (χ4v) is 2.19. The van der Waals surface area contributed by atoms with Gasteiger partial charge in [-0.3, -0.25) is 4.79 Å². The first-order valence-electron chi connectivity index (χ1n) is 4.57. The van der Waals surface area contributed by atoms with Crippen molar-refractivity contribution in [1.29, 1.82) is 0 Å². The summed E-state index contributed by atoms with van der Waals surface area (Å²) in [5, 5.41) is 2.55. The first kappa shape index (κ1) is 13.2. The van der Waals surface area contributed by atoms with Gasteiger partial charge in [-0.15, -0.1) is 0 Å². The largest absolute Gasteiger partial charge is 0.350 e. The molecule has 90 valence electrons. The Morgan fingerprint density at radius 1 is 1.56 bits per heavy atom. The Hall–Kier alpha value is -0.820. The lowest BCUT2D eigenvalue weighted by molar-refractivity contribution is 0.0948. The quantitative estimate of drug-likeness (QED) is 0.884. The van der Waals surface area contributed by atoms with E-state index in [0.29, 0.717) is 5.69 Å². The molecular formula is C9H13BrN2O3S. The summed E-state index contributed by atoms with van der Waals surface area (Å²) in [6.45, 7) is 0.125. The summed E-state index contributed by atoms with van der Waals surface area (Å²) in [5.74, 6) is -0.332. The Bertz CT molecular complexity index is 493. The van der Waals surface area contributed by atoms with Crippen LogP contribution in [0.5, 0.6) is 0 Å². The van der Waals surface area contributed by atoms with Crippen molar-refractivity contribution in [2.75, 3.05) is 18.6 Å². The fraction of sp³-hybridized carbons (Fsp3) is 0.444. The number of hydrogen-bond donors (Lipinski definition) is 1. The molecule has 0 aliphatic carbocycles. The Kier molecular flexibility index (Phi) is 4.15. The van der Waals surface area contributed by atoms with E-state index in [4.69, 9.17) is 0 Å². The molecule has 0 bridgehead atoms. The maximum absolute atomic E-state index is 11.6. The normalized spacial score (nSPS) is 11.4. The second-order valence-corrected chi connectivity index (χ2v) is 6.72. The third kappa shape index (κ3) is 3.97. The second-order valence-electron chi connectivity index (χ2n) is 3.54. The minimum absolute atomic E-state index is 0.0513. The summed E-state index contributed by atoms with van der Waals surface area (Å²) in [6.07, 6.45) is 2.89. The Morgan fingerprint density at radius 2 is 2.19 bits per heavy atom. The molecule has 1 heterocycles. The van der Waals surface area contributed by atoms with Gasteiger partial charge in [-0.05, 0) is 22.0 Å². The molecule has 5 nitrogen and oxygen atoms in total. The van der Waals surface area contributed by atoms with Gasteiger partial charge in [0.05, 0.1) is 5.75 Å². The number of nitrogens with one attached hydrogen (secondary N) is 1. The van der Waals surface area contributed by atoms with Crippen molar-refractivity contribution in [2.45, 2.75) is 0 Å². The first-order valence-corrected chi connectivity index (χ1v) is 7.43. The highest BCUT2D eigenvalue weighted by molar-refractivity contribution is 9.10. The number of halogens is 1. The number of sulfone groups is 1. The van der Waals surface area contributed by atoms with Crippen LogP contribution >= 0.6 is 15.9 Å². The molecule has 0 saturated carbocycles. The molecular weight excluding hydrogens is 296 g/mol. The van der Waals surface area contributed by atoms with Crippen molar-refractivity contribution in [3.63, 3.8) is 0 Å². The smallest absolute Gasteiger partial charge is 0.267 e. The lowest BCUT2D eigenvalue weighted by atomic mass is 10.4. The molecule has 0 unspecified atom stereocenters. The minimum atomic E-state index is -3.04. The van der Waals surface area contributed by atoms with E-state index in [1.807, 2.05) is 0 Å². The van der Waals surface area contributed by atoms with Gasteiger partial charge >= 0.3 is 0 Å². The molecule has 0 saturated heterocycles. The van der Waals surface area contributed by atoms with Crippen LogP contribution in [0.2, 0.25) is 0 Å². The van der Waals surface area contributed by atoms with Gasteiger partial charge in [0, 0.05) is 30.5 Å². The zero-order valence-corrected chi connectivity index (χ0v) is 11.4. The number of aromatic nitrogens is 1. The average Bonchev–Trinajstić information content (AvgIpc) is 2.43. The summed E-state index contributed by atoms with van der Waals surface area (Å²) in [7, 11) is -1.29. The predicted octanol–water partition coefficient (Wildman–Crippen LogP) is 0.562. The van der Waals surface area contributed by atoms with Crippen LogP contribution in [0.3, 0.4) is 0 Å². The van der Waals surface area contributed by atoms with Crippen LogP contribution in [0, 0.1) is 0 Å². The lowest BCUT2D eigenvalue weighted by Gasteiger charge is -2.04. The molecule has 1 amide bonds. The molecule has 0 aliphatic heterocycles. The number of rotatable bonds is 4. The summed E-state index contributed by atoms with van der Waals surface area (Å²) in [4.78, 5) is 11.6. The number of aryl methyl sites for hydroxylation is 1. The predicted molar refractivity (Wildman–Crippen MR) is 65.2 cm³/mol. The third-order valence-corrected chi connectivity index (χ3v) is 3.34. The van der Waals surface area contributed by atoms with E-state index in [1.165, 1.54) is 0 Å². The van der Waals surface area contributed by atoms with E-state index in [-0.39, 0.29) is 18.2 Å². The highest BCUT2D eigenvalue weighted by atomic mass is 79.9. The first-order chi connectivity index (χ1) is 7.29. The molecule has 0 radical (unpaired) electrons. The maximum Gasteiger partial charge on any atom is 0.267 e. The van der Waals surface area contributed by atoms with Gasteiger partial charge < -0.3 is 9.88 Å². The zero-order valence-electron chi connectivity index (χ0n) is 9.03. The molecule has 0 spiro atoms. The van der Waals surface area contributed by atoms with E-state index in [9.17, 15) is 13.2 Å². The Balaban J connectivity index is 2.57. The summed E-state index contributed by atoms with van der Waals surface area (Å²) in [6, 6.07) is 1.68. The van der Waals surface area contributed by atoms with Gasteiger partial charge in [-0.2, -0.15) is 0 Å². The number of nitrogens with zero attached hydrogens (tertiary/aromatic N) is 1. The maximum atomic E-state index is 11.6. The summed E-state index contributed by atoms with van der Waals surface area (Å²) in [5.41, 5.74) is 0.486. The van der Waals surface area contributed by atoms with Crippen LogP contribution in [0.15, 0.2) is 16.7 Å². The third-order valence-electron chi connectivity index (χ3n) is 1.96. The topological polar surface area (TPSA) is 68.2 Å². The number of hydrogen-bond acceptors (Lipinski definition) is 3. The number of carbonyl (C=O) groups excluding carboxylic acids is 1. The van der Waals surface area contributed by atoms with Gasteiger partial charge in [-0.1, -0.05) is 0 Å². The van der Waals surface area contributed by atoms with Crippen LogP contribution in [-0.2, 0) is 16.9 Å². The zero-order chi connectivity index (χ0) is 12.3. The standard InChI is InChI=1S/C9H13BrN2O3S/c1-12-6-7(10)5-8(12)9(13)11-3-4-16(2,14)15/h5-6H,3-4H2,1-2H3,(H,11,13). The molecule has 1 aromatic rings. The van der Waals surface area contributed by atoms with Gasteiger partial charge in [0.1, 0.15) is 15.5 Å². The van der Waals surface area contributed by atoms with Gasteiger partial charge in [0.15, 0.2) is 0 Å². The minimum Gasteiger partial charge on any atom is -0.350 e. The van der Waals surface area contributed by atoms with Crippen LogP contribution in [0.25, 0.3) is 0 Å². The van der Waals surface area contributed by atoms with Crippen LogP contribution in [0.4, 0.5) is 0 Å². The molecule has 0 aliphatic rings.